The SMILES string of the molecule is CCNC(=NCc1csc(-c2ccccc2)n1)NCc1ccccn1. The first-order chi connectivity index (χ1) is 12.3. The molecule has 0 saturated carbocycles. The minimum atomic E-state index is 0.543. The average molecular weight is 351 g/mol. The summed E-state index contributed by atoms with van der Waals surface area (Å²) >= 11 is 1.65. The normalized spacial score (nSPS) is 11.3. The van der Waals surface area contributed by atoms with Crippen LogP contribution in [0.5, 0.6) is 0 Å². The molecule has 0 aliphatic carbocycles. The highest BCUT2D eigenvalue weighted by atomic mass is 32.1. The van der Waals surface area contributed by atoms with Gasteiger partial charge in [-0.1, -0.05) is 36.4 Å². The number of nitrogens with one attached hydrogen (secondary N) is 2. The van der Waals surface area contributed by atoms with Gasteiger partial charge in [-0.05, 0) is 19.1 Å². The van der Waals surface area contributed by atoms with Gasteiger partial charge in [0, 0.05) is 23.7 Å². The Morgan fingerprint density at radius 2 is 1.88 bits per heavy atom. The lowest BCUT2D eigenvalue weighted by Gasteiger charge is -2.10. The van der Waals surface area contributed by atoms with E-state index in [0.717, 1.165) is 34.5 Å². The summed E-state index contributed by atoms with van der Waals surface area (Å²) in [6, 6.07) is 16.1. The van der Waals surface area contributed by atoms with E-state index in [1.807, 2.05) is 43.3 Å². The van der Waals surface area contributed by atoms with E-state index in [-0.39, 0.29) is 0 Å². The molecule has 3 aromatic rings. The van der Waals surface area contributed by atoms with Crippen molar-refractivity contribution < 1.29 is 0 Å². The van der Waals surface area contributed by atoms with Crippen LogP contribution in [0.3, 0.4) is 0 Å². The third kappa shape index (κ3) is 5.12. The highest BCUT2D eigenvalue weighted by Crippen LogP contribution is 2.23. The topological polar surface area (TPSA) is 62.2 Å². The predicted octanol–water partition coefficient (Wildman–Crippen LogP) is 3.46. The Kier molecular flexibility index (Phi) is 6.11. The van der Waals surface area contributed by atoms with Crippen LogP contribution in [0.25, 0.3) is 10.6 Å². The van der Waals surface area contributed by atoms with Gasteiger partial charge in [-0.2, -0.15) is 0 Å². The largest absolute Gasteiger partial charge is 0.357 e. The monoisotopic (exact) mass is 351 g/mol. The Hall–Kier alpha value is -2.73. The second kappa shape index (κ2) is 8.94. The van der Waals surface area contributed by atoms with Crippen LogP contribution in [0.2, 0.25) is 0 Å². The van der Waals surface area contributed by atoms with Gasteiger partial charge in [-0.3, -0.25) is 4.98 Å². The molecule has 3 rings (SSSR count). The van der Waals surface area contributed by atoms with Gasteiger partial charge < -0.3 is 10.6 Å². The Bertz CT molecular complexity index is 799. The molecule has 2 heterocycles. The summed E-state index contributed by atoms with van der Waals surface area (Å²) in [5.41, 5.74) is 3.09. The summed E-state index contributed by atoms with van der Waals surface area (Å²) in [4.78, 5) is 13.6. The van der Waals surface area contributed by atoms with Crippen molar-refractivity contribution in [2.45, 2.75) is 20.0 Å². The Morgan fingerprint density at radius 1 is 1.04 bits per heavy atom. The van der Waals surface area contributed by atoms with Crippen molar-refractivity contribution >= 4 is 17.3 Å². The third-order valence-electron chi connectivity index (χ3n) is 3.48. The maximum absolute atomic E-state index is 4.67. The molecule has 0 radical (unpaired) electrons. The minimum absolute atomic E-state index is 0.543. The van der Waals surface area contributed by atoms with E-state index in [0.29, 0.717) is 13.1 Å². The van der Waals surface area contributed by atoms with E-state index < -0.39 is 0 Å². The maximum Gasteiger partial charge on any atom is 0.191 e. The van der Waals surface area contributed by atoms with E-state index in [4.69, 9.17) is 0 Å². The predicted molar refractivity (Wildman–Crippen MR) is 103 cm³/mol. The van der Waals surface area contributed by atoms with Crippen LogP contribution in [0.15, 0.2) is 65.1 Å². The van der Waals surface area contributed by atoms with Crippen molar-refractivity contribution in [3.05, 3.63) is 71.5 Å². The van der Waals surface area contributed by atoms with Crippen molar-refractivity contribution in [1.82, 2.24) is 20.6 Å². The molecule has 0 saturated heterocycles. The van der Waals surface area contributed by atoms with Crippen LogP contribution in [-0.4, -0.2) is 22.5 Å². The first-order valence-corrected chi connectivity index (χ1v) is 9.15. The summed E-state index contributed by atoms with van der Waals surface area (Å²) in [6.07, 6.45) is 1.79. The van der Waals surface area contributed by atoms with Gasteiger partial charge in [-0.25, -0.2) is 9.98 Å². The summed E-state index contributed by atoms with van der Waals surface area (Å²) < 4.78 is 0. The second-order valence-corrected chi connectivity index (χ2v) is 6.24. The van der Waals surface area contributed by atoms with Crippen molar-refractivity contribution in [2.75, 3.05) is 6.54 Å². The Balaban J connectivity index is 1.62. The molecule has 0 unspecified atom stereocenters. The van der Waals surface area contributed by atoms with Gasteiger partial charge in [-0.15, -0.1) is 11.3 Å². The van der Waals surface area contributed by atoms with Crippen molar-refractivity contribution in [3.63, 3.8) is 0 Å². The lowest BCUT2D eigenvalue weighted by atomic mass is 10.2. The number of nitrogens with zero attached hydrogens (tertiary/aromatic N) is 3. The second-order valence-electron chi connectivity index (χ2n) is 5.38. The maximum atomic E-state index is 4.67. The zero-order valence-electron chi connectivity index (χ0n) is 14.1. The average Bonchev–Trinajstić information content (AvgIpc) is 3.15. The molecule has 128 valence electrons. The van der Waals surface area contributed by atoms with Gasteiger partial charge in [0.1, 0.15) is 5.01 Å². The molecule has 1 aromatic carbocycles. The first kappa shape index (κ1) is 17.1. The summed E-state index contributed by atoms with van der Waals surface area (Å²) in [5.74, 6) is 0.766. The summed E-state index contributed by atoms with van der Waals surface area (Å²) in [6.45, 7) is 4.04. The lowest BCUT2D eigenvalue weighted by Crippen LogP contribution is -2.37. The van der Waals surface area contributed by atoms with Crippen LogP contribution < -0.4 is 10.6 Å². The first-order valence-electron chi connectivity index (χ1n) is 8.27. The number of aromatic nitrogens is 2. The molecule has 0 atom stereocenters. The Labute approximate surface area is 151 Å². The van der Waals surface area contributed by atoms with Crippen LogP contribution >= 0.6 is 11.3 Å². The molecule has 5 nitrogen and oxygen atoms in total. The van der Waals surface area contributed by atoms with E-state index >= 15 is 0 Å². The van der Waals surface area contributed by atoms with E-state index in [1.165, 1.54) is 0 Å². The van der Waals surface area contributed by atoms with Crippen molar-refractivity contribution in [2.24, 2.45) is 4.99 Å². The molecular weight excluding hydrogens is 330 g/mol. The quantitative estimate of drug-likeness (QED) is 0.527. The fraction of sp³-hybridized carbons (Fsp3) is 0.211. The number of rotatable bonds is 6. The molecule has 0 aliphatic heterocycles. The van der Waals surface area contributed by atoms with Gasteiger partial charge in [0.15, 0.2) is 5.96 Å². The molecule has 0 amide bonds. The van der Waals surface area contributed by atoms with Crippen LogP contribution in [0.4, 0.5) is 0 Å². The molecular formula is C19H21N5S. The fourth-order valence-electron chi connectivity index (χ4n) is 2.27. The molecule has 2 aromatic heterocycles. The molecule has 25 heavy (non-hydrogen) atoms. The number of pyridine rings is 1. The number of benzene rings is 1. The molecule has 6 heteroatoms. The van der Waals surface area contributed by atoms with Gasteiger partial charge >= 0.3 is 0 Å². The van der Waals surface area contributed by atoms with Crippen LogP contribution in [0, 0.1) is 0 Å². The number of hydrogen-bond acceptors (Lipinski definition) is 4. The highest BCUT2D eigenvalue weighted by molar-refractivity contribution is 7.13. The summed E-state index contributed by atoms with van der Waals surface area (Å²) in [7, 11) is 0. The fourth-order valence-corrected chi connectivity index (χ4v) is 3.09. The summed E-state index contributed by atoms with van der Waals surface area (Å²) in [5, 5.41) is 9.63. The van der Waals surface area contributed by atoms with E-state index in [9.17, 15) is 0 Å². The number of thiazole rings is 1. The molecule has 2 N–H and O–H groups in total. The van der Waals surface area contributed by atoms with Gasteiger partial charge in [0.05, 0.1) is 24.5 Å². The third-order valence-corrected chi connectivity index (χ3v) is 4.42. The van der Waals surface area contributed by atoms with Crippen LogP contribution in [0.1, 0.15) is 18.3 Å². The lowest BCUT2D eigenvalue weighted by molar-refractivity contribution is 0.797. The molecule has 0 aliphatic rings. The molecule has 0 spiro atoms. The van der Waals surface area contributed by atoms with Crippen molar-refractivity contribution in [1.29, 1.82) is 0 Å². The zero-order chi connectivity index (χ0) is 17.3. The molecule has 0 fully saturated rings. The minimum Gasteiger partial charge on any atom is -0.357 e. The number of hydrogen-bond donors (Lipinski definition) is 2. The smallest absolute Gasteiger partial charge is 0.191 e. The van der Waals surface area contributed by atoms with Crippen LogP contribution in [-0.2, 0) is 13.1 Å². The molecule has 0 bridgehead atoms. The Morgan fingerprint density at radius 3 is 2.64 bits per heavy atom. The standard InChI is InChI=1S/C19H21N5S/c1-2-20-19(22-12-16-10-6-7-11-21-16)23-13-17-14-25-18(24-17)15-8-4-3-5-9-15/h3-11,14H,2,12-13H2,1H3,(H2,20,22,23). The zero-order valence-corrected chi connectivity index (χ0v) is 15.0. The van der Waals surface area contributed by atoms with Gasteiger partial charge in [0.25, 0.3) is 0 Å². The van der Waals surface area contributed by atoms with Crippen molar-refractivity contribution in [3.8, 4) is 10.6 Å². The number of aliphatic imine (C=N–C) groups is 1. The highest BCUT2D eigenvalue weighted by Gasteiger charge is 2.05. The van der Waals surface area contributed by atoms with E-state index in [1.54, 1.807) is 17.5 Å². The number of guanidine groups is 1. The van der Waals surface area contributed by atoms with E-state index in [2.05, 4.69) is 43.1 Å². The van der Waals surface area contributed by atoms with Gasteiger partial charge in [0.2, 0.25) is 0 Å².